The molecule has 0 aliphatic heterocycles. The van der Waals surface area contributed by atoms with E-state index in [1.165, 1.54) is 25.7 Å². The molecule has 1 aromatic carbocycles. The van der Waals surface area contributed by atoms with Crippen LogP contribution in [-0.4, -0.2) is 6.61 Å². The Balaban J connectivity index is 1.69. The lowest BCUT2D eigenvalue weighted by molar-refractivity contribution is -0.0546. The second kappa shape index (κ2) is 7.79. The number of alkyl halides is 2. The summed E-state index contributed by atoms with van der Waals surface area (Å²) >= 11 is 0. The van der Waals surface area contributed by atoms with Gasteiger partial charge in [-0.2, -0.15) is 8.78 Å². The van der Waals surface area contributed by atoms with Crippen LogP contribution >= 0.6 is 0 Å². The van der Waals surface area contributed by atoms with E-state index in [0.29, 0.717) is 11.5 Å². The van der Waals surface area contributed by atoms with E-state index in [4.69, 9.17) is 0 Å². The second-order valence-electron chi connectivity index (χ2n) is 7.43. The van der Waals surface area contributed by atoms with Crippen LogP contribution in [0.5, 0.6) is 5.75 Å². The maximum atomic E-state index is 13.9. The molecule has 0 heterocycles. The Hall–Kier alpha value is -1.52. The summed E-state index contributed by atoms with van der Waals surface area (Å²) in [5.74, 6) is -0.953. The van der Waals surface area contributed by atoms with Gasteiger partial charge in [0.25, 0.3) is 0 Å². The zero-order valence-electron chi connectivity index (χ0n) is 14.4. The van der Waals surface area contributed by atoms with Crippen molar-refractivity contribution < 1.29 is 22.3 Å². The van der Waals surface area contributed by atoms with Crippen LogP contribution in [0.25, 0.3) is 5.57 Å². The predicted octanol–water partition coefficient (Wildman–Crippen LogP) is 6.58. The molecule has 5 heteroatoms. The van der Waals surface area contributed by atoms with Crippen molar-refractivity contribution in [2.75, 3.05) is 0 Å². The maximum absolute atomic E-state index is 13.9. The van der Waals surface area contributed by atoms with Gasteiger partial charge in [-0.15, -0.1) is 0 Å². The Kier molecular flexibility index (Phi) is 5.70. The van der Waals surface area contributed by atoms with Crippen molar-refractivity contribution >= 4 is 5.57 Å². The highest BCUT2D eigenvalue weighted by Gasteiger charge is 2.28. The molecular formula is C20H24F4O. The van der Waals surface area contributed by atoms with Gasteiger partial charge < -0.3 is 4.74 Å². The normalized spacial score (nSPS) is 27.3. The van der Waals surface area contributed by atoms with Gasteiger partial charge in [0.15, 0.2) is 17.4 Å². The topological polar surface area (TPSA) is 9.23 Å². The molecule has 1 nitrogen and oxygen atoms in total. The maximum Gasteiger partial charge on any atom is 0.387 e. The third-order valence-electron chi connectivity index (χ3n) is 5.75. The van der Waals surface area contributed by atoms with E-state index >= 15 is 0 Å². The molecule has 2 aliphatic rings. The molecule has 3 rings (SSSR count). The quantitative estimate of drug-likeness (QED) is 0.554. The molecule has 0 saturated heterocycles. The van der Waals surface area contributed by atoms with Crippen LogP contribution < -0.4 is 4.74 Å². The fourth-order valence-electron chi connectivity index (χ4n) is 4.25. The highest BCUT2D eigenvalue weighted by atomic mass is 19.3. The van der Waals surface area contributed by atoms with Crippen LogP contribution in [0.2, 0.25) is 0 Å². The first-order valence-corrected chi connectivity index (χ1v) is 9.07. The summed E-state index contributed by atoms with van der Waals surface area (Å²) in [6, 6.07) is 2.19. The average Bonchev–Trinajstić information content (AvgIpc) is 2.59. The SMILES string of the molecule is CC1CCC(C2CC=C(c3cc(F)c(OC(F)F)c(F)c3)CC2)CC1. The third kappa shape index (κ3) is 4.36. The van der Waals surface area contributed by atoms with Gasteiger partial charge in [-0.3, -0.25) is 0 Å². The summed E-state index contributed by atoms with van der Waals surface area (Å²) < 4.78 is 56.2. The summed E-state index contributed by atoms with van der Waals surface area (Å²) in [4.78, 5) is 0. The summed E-state index contributed by atoms with van der Waals surface area (Å²) in [6.07, 6.45) is 9.91. The minimum atomic E-state index is -3.25. The van der Waals surface area contributed by atoms with Gasteiger partial charge in [-0.25, -0.2) is 8.78 Å². The second-order valence-corrected chi connectivity index (χ2v) is 7.43. The van der Waals surface area contributed by atoms with Crippen molar-refractivity contribution in [3.05, 3.63) is 35.4 Å². The molecule has 0 N–H and O–H groups in total. The van der Waals surface area contributed by atoms with Crippen LogP contribution in [0.1, 0.15) is 57.4 Å². The van der Waals surface area contributed by atoms with Crippen LogP contribution in [0.4, 0.5) is 17.6 Å². The van der Waals surface area contributed by atoms with Gasteiger partial charge in [0.1, 0.15) is 0 Å². The van der Waals surface area contributed by atoms with Crippen molar-refractivity contribution in [2.45, 2.75) is 58.5 Å². The van der Waals surface area contributed by atoms with Crippen molar-refractivity contribution in [3.8, 4) is 5.75 Å². The van der Waals surface area contributed by atoms with E-state index in [-0.39, 0.29) is 0 Å². The fraction of sp³-hybridized carbons (Fsp3) is 0.600. The summed E-state index contributed by atoms with van der Waals surface area (Å²) in [7, 11) is 0. The number of rotatable bonds is 4. The Labute approximate surface area is 146 Å². The summed E-state index contributed by atoms with van der Waals surface area (Å²) in [6.45, 7) is -0.942. The Morgan fingerprint density at radius 1 is 0.960 bits per heavy atom. The predicted molar refractivity (Wildman–Crippen MR) is 89.4 cm³/mol. The molecule has 2 aliphatic carbocycles. The molecule has 0 aromatic heterocycles. The number of hydrogen-bond donors (Lipinski definition) is 0. The van der Waals surface area contributed by atoms with E-state index in [0.717, 1.165) is 48.8 Å². The molecule has 0 bridgehead atoms. The molecule has 1 saturated carbocycles. The van der Waals surface area contributed by atoms with Gasteiger partial charge >= 0.3 is 6.61 Å². The first kappa shape index (κ1) is 18.3. The lowest BCUT2D eigenvalue weighted by Crippen LogP contribution is -2.22. The van der Waals surface area contributed by atoms with E-state index < -0.39 is 24.0 Å². The van der Waals surface area contributed by atoms with Gasteiger partial charge in [-0.05, 0) is 73.1 Å². The number of benzene rings is 1. The minimum absolute atomic E-state index is 0.423. The number of halogens is 4. The fourth-order valence-corrected chi connectivity index (χ4v) is 4.25. The molecule has 0 radical (unpaired) electrons. The van der Waals surface area contributed by atoms with Gasteiger partial charge in [-0.1, -0.05) is 25.8 Å². The molecule has 1 aromatic rings. The molecule has 1 fully saturated rings. The minimum Gasteiger partial charge on any atom is -0.429 e. The van der Waals surface area contributed by atoms with E-state index in [2.05, 4.69) is 17.7 Å². The van der Waals surface area contributed by atoms with Gasteiger partial charge in [0.05, 0.1) is 0 Å². The van der Waals surface area contributed by atoms with Crippen LogP contribution in [0, 0.1) is 29.4 Å². The first-order chi connectivity index (χ1) is 11.9. The standard InChI is InChI=1S/C20H24F4O/c1-12-2-4-13(5-3-12)14-6-8-15(9-7-14)16-10-17(21)19(18(22)11-16)25-20(23)24/h8,10-14,20H,2-7,9H2,1H3. The van der Waals surface area contributed by atoms with Gasteiger partial charge in [0.2, 0.25) is 0 Å². The monoisotopic (exact) mass is 356 g/mol. The molecule has 1 unspecified atom stereocenters. The smallest absolute Gasteiger partial charge is 0.387 e. The number of ether oxygens (including phenoxy) is 1. The zero-order chi connectivity index (χ0) is 18.0. The van der Waals surface area contributed by atoms with E-state index in [1.54, 1.807) is 0 Å². The number of allylic oxidation sites excluding steroid dienone is 2. The molecular weight excluding hydrogens is 332 g/mol. The summed E-state index contributed by atoms with van der Waals surface area (Å²) in [5, 5.41) is 0. The molecule has 0 spiro atoms. The Morgan fingerprint density at radius 2 is 1.60 bits per heavy atom. The number of hydrogen-bond acceptors (Lipinski definition) is 1. The zero-order valence-corrected chi connectivity index (χ0v) is 14.4. The summed E-state index contributed by atoms with van der Waals surface area (Å²) in [5.41, 5.74) is 1.31. The first-order valence-electron chi connectivity index (χ1n) is 9.07. The van der Waals surface area contributed by atoms with Crippen molar-refractivity contribution in [1.82, 2.24) is 0 Å². The Morgan fingerprint density at radius 3 is 2.12 bits per heavy atom. The molecule has 0 amide bonds. The molecule has 1 atom stereocenters. The van der Waals surface area contributed by atoms with Crippen LogP contribution in [0.3, 0.4) is 0 Å². The van der Waals surface area contributed by atoms with Crippen molar-refractivity contribution in [1.29, 1.82) is 0 Å². The largest absolute Gasteiger partial charge is 0.429 e. The molecule has 138 valence electrons. The lowest BCUT2D eigenvalue weighted by atomic mass is 9.71. The van der Waals surface area contributed by atoms with E-state index in [9.17, 15) is 17.6 Å². The Bertz CT molecular complexity index is 610. The van der Waals surface area contributed by atoms with Crippen molar-refractivity contribution in [3.63, 3.8) is 0 Å². The highest BCUT2D eigenvalue weighted by molar-refractivity contribution is 5.67. The van der Waals surface area contributed by atoms with Crippen LogP contribution in [0.15, 0.2) is 18.2 Å². The molecule has 25 heavy (non-hydrogen) atoms. The lowest BCUT2D eigenvalue weighted by Gasteiger charge is -2.34. The van der Waals surface area contributed by atoms with Crippen molar-refractivity contribution in [2.24, 2.45) is 17.8 Å². The third-order valence-corrected chi connectivity index (χ3v) is 5.75. The average molecular weight is 356 g/mol. The van der Waals surface area contributed by atoms with Gasteiger partial charge in [0, 0.05) is 0 Å². The van der Waals surface area contributed by atoms with E-state index in [1.807, 2.05) is 0 Å². The van der Waals surface area contributed by atoms with Crippen LogP contribution in [-0.2, 0) is 0 Å². The highest BCUT2D eigenvalue weighted by Crippen LogP contribution is 2.41.